The molecule has 2 nitrogen and oxygen atoms in total. The Balaban J connectivity index is 2.95. The highest BCUT2D eigenvalue weighted by Crippen LogP contribution is 2.12. The van der Waals surface area contributed by atoms with Crippen molar-refractivity contribution < 1.29 is 18.8 Å². The van der Waals surface area contributed by atoms with Gasteiger partial charge in [0.2, 0.25) is 0 Å². The summed E-state index contributed by atoms with van der Waals surface area (Å²) in [5.74, 6) is -1.02. The Labute approximate surface area is 74.3 Å². The van der Waals surface area contributed by atoms with Crippen molar-refractivity contribution in [1.82, 2.24) is 0 Å². The van der Waals surface area contributed by atoms with Crippen molar-refractivity contribution in [2.24, 2.45) is 0 Å². The van der Waals surface area contributed by atoms with E-state index in [4.69, 9.17) is 10.0 Å². The van der Waals surface area contributed by atoms with Crippen LogP contribution >= 0.6 is 0 Å². The fourth-order valence-electron chi connectivity index (χ4n) is 0.839. The lowest BCUT2D eigenvalue weighted by atomic mass is 9.91. The molecule has 0 heterocycles. The molecule has 0 atom stereocenters. The number of hydrogen-bond donors (Lipinski definition) is 2. The van der Waals surface area contributed by atoms with E-state index in [1.54, 1.807) is 0 Å². The summed E-state index contributed by atoms with van der Waals surface area (Å²) >= 11 is 0. The van der Waals surface area contributed by atoms with E-state index < -0.39 is 18.8 Å². The van der Waals surface area contributed by atoms with Crippen LogP contribution < -0.4 is 0 Å². The first kappa shape index (κ1) is 9.89. The van der Waals surface area contributed by atoms with Gasteiger partial charge < -0.3 is 10.0 Å². The van der Waals surface area contributed by atoms with Gasteiger partial charge in [0, 0.05) is 5.56 Å². The topological polar surface area (TPSA) is 40.5 Å². The smallest absolute Gasteiger partial charge is 0.424 e. The first-order chi connectivity index (χ1) is 6.11. The van der Waals surface area contributed by atoms with Crippen LogP contribution in [-0.2, 0) is 0 Å². The molecule has 0 aliphatic heterocycles. The average Bonchev–Trinajstić information content (AvgIpc) is 2.07. The van der Waals surface area contributed by atoms with Crippen LogP contribution in [0.4, 0.5) is 8.78 Å². The molecule has 0 unspecified atom stereocenters. The molecule has 0 amide bonds. The third-order valence-electron chi connectivity index (χ3n) is 1.43. The van der Waals surface area contributed by atoms with E-state index in [2.05, 4.69) is 0 Å². The second-order valence-electron chi connectivity index (χ2n) is 2.42. The van der Waals surface area contributed by atoms with E-state index in [9.17, 15) is 8.78 Å². The summed E-state index contributed by atoms with van der Waals surface area (Å²) in [6.45, 7) is 0. The number of rotatable bonds is 2. The van der Waals surface area contributed by atoms with Crippen molar-refractivity contribution >= 4 is 13.2 Å². The first-order valence-electron chi connectivity index (χ1n) is 3.59. The predicted molar refractivity (Wildman–Crippen MR) is 45.6 cm³/mol. The summed E-state index contributed by atoms with van der Waals surface area (Å²) in [5, 5.41) is 16.9. The summed E-state index contributed by atoms with van der Waals surface area (Å²) in [7, 11) is -1.66. The fraction of sp³-hybridized carbons (Fsp3) is 0. The van der Waals surface area contributed by atoms with Crippen LogP contribution in [0.15, 0.2) is 24.2 Å². The zero-order valence-electron chi connectivity index (χ0n) is 6.61. The van der Waals surface area contributed by atoms with Gasteiger partial charge in [0.1, 0.15) is 0 Å². The number of benzene rings is 1. The van der Waals surface area contributed by atoms with Gasteiger partial charge in [-0.1, -0.05) is 24.2 Å². The van der Waals surface area contributed by atoms with Crippen LogP contribution in [0.2, 0.25) is 0 Å². The molecular weight excluding hydrogens is 177 g/mol. The van der Waals surface area contributed by atoms with E-state index in [-0.39, 0.29) is 5.56 Å². The Morgan fingerprint density at radius 3 is 2.54 bits per heavy atom. The van der Waals surface area contributed by atoms with Crippen molar-refractivity contribution in [2.75, 3.05) is 0 Å². The Morgan fingerprint density at radius 1 is 1.23 bits per heavy atom. The molecular formula is C8H7BF2O2. The molecule has 0 aliphatic carbocycles. The van der Waals surface area contributed by atoms with Gasteiger partial charge in [0.15, 0.2) is 11.6 Å². The molecule has 0 saturated heterocycles. The fourth-order valence-corrected chi connectivity index (χ4v) is 0.839. The van der Waals surface area contributed by atoms with Gasteiger partial charge in [-0.3, -0.25) is 0 Å². The predicted octanol–water partition coefficient (Wildman–Crippen LogP) is 0.990. The molecule has 13 heavy (non-hydrogen) atoms. The maximum Gasteiger partial charge on any atom is 0.480 e. The van der Waals surface area contributed by atoms with Crippen LogP contribution in [0.1, 0.15) is 5.56 Å². The third kappa shape index (κ3) is 2.64. The Hall–Kier alpha value is -1.20. The molecule has 2 N–H and O–H groups in total. The van der Waals surface area contributed by atoms with E-state index in [1.807, 2.05) is 0 Å². The SMILES string of the molecule is OB(O)/C=C/c1cccc(F)c1F. The number of hydrogen-bond acceptors (Lipinski definition) is 2. The monoisotopic (exact) mass is 184 g/mol. The normalized spacial score (nSPS) is 10.8. The standard InChI is InChI=1S/C8H7BF2O2/c10-7-3-1-2-6(8(7)11)4-5-9(12)13/h1-5,12-13H/b5-4+. The Morgan fingerprint density at radius 2 is 1.92 bits per heavy atom. The zero-order chi connectivity index (χ0) is 9.84. The minimum absolute atomic E-state index is 0.0203. The van der Waals surface area contributed by atoms with Gasteiger partial charge in [-0.05, 0) is 6.07 Å². The summed E-state index contributed by atoms with van der Waals surface area (Å²) in [4.78, 5) is 0. The summed E-state index contributed by atoms with van der Waals surface area (Å²) in [6, 6.07) is 3.65. The highest BCUT2D eigenvalue weighted by Gasteiger charge is 2.05. The first-order valence-corrected chi connectivity index (χ1v) is 3.59. The van der Waals surface area contributed by atoms with Gasteiger partial charge in [-0.2, -0.15) is 0 Å². The molecule has 0 fully saturated rings. The van der Waals surface area contributed by atoms with Gasteiger partial charge in [-0.15, -0.1) is 0 Å². The third-order valence-corrected chi connectivity index (χ3v) is 1.43. The minimum atomic E-state index is -1.66. The largest absolute Gasteiger partial charge is 0.480 e. The van der Waals surface area contributed by atoms with Crippen LogP contribution in [-0.4, -0.2) is 17.2 Å². The van der Waals surface area contributed by atoms with Gasteiger partial charge in [-0.25, -0.2) is 8.78 Å². The quantitative estimate of drug-likeness (QED) is 0.672. The molecule has 0 saturated carbocycles. The molecule has 0 spiro atoms. The summed E-state index contributed by atoms with van der Waals surface area (Å²) in [5.41, 5.74) is -0.0203. The maximum absolute atomic E-state index is 12.9. The van der Waals surface area contributed by atoms with Crippen LogP contribution in [0.5, 0.6) is 0 Å². The van der Waals surface area contributed by atoms with Crippen LogP contribution in [0, 0.1) is 11.6 Å². The lowest BCUT2D eigenvalue weighted by molar-refractivity contribution is 0.424. The molecule has 1 aromatic carbocycles. The molecule has 0 bridgehead atoms. The van der Waals surface area contributed by atoms with E-state index >= 15 is 0 Å². The zero-order valence-corrected chi connectivity index (χ0v) is 6.61. The summed E-state index contributed by atoms with van der Waals surface area (Å²) in [6.07, 6.45) is 1.10. The lowest BCUT2D eigenvalue weighted by Gasteiger charge is -1.96. The van der Waals surface area contributed by atoms with Gasteiger partial charge >= 0.3 is 7.12 Å². The lowest BCUT2D eigenvalue weighted by Crippen LogP contribution is -2.05. The highest BCUT2D eigenvalue weighted by atomic mass is 19.2. The Bertz CT molecular complexity index is 326. The van der Waals surface area contributed by atoms with Crippen molar-refractivity contribution in [3.05, 3.63) is 41.4 Å². The van der Waals surface area contributed by atoms with Crippen molar-refractivity contribution in [3.63, 3.8) is 0 Å². The van der Waals surface area contributed by atoms with Gasteiger partial charge in [0.25, 0.3) is 0 Å². The van der Waals surface area contributed by atoms with E-state index in [0.29, 0.717) is 0 Å². The number of halogens is 2. The molecule has 68 valence electrons. The van der Waals surface area contributed by atoms with E-state index in [1.165, 1.54) is 12.1 Å². The van der Waals surface area contributed by atoms with Crippen LogP contribution in [0.3, 0.4) is 0 Å². The maximum atomic E-state index is 12.9. The van der Waals surface area contributed by atoms with Crippen molar-refractivity contribution in [2.45, 2.75) is 0 Å². The second-order valence-corrected chi connectivity index (χ2v) is 2.42. The molecule has 0 aromatic heterocycles. The van der Waals surface area contributed by atoms with Crippen molar-refractivity contribution in [3.8, 4) is 0 Å². The molecule has 1 aromatic rings. The average molecular weight is 184 g/mol. The molecule has 0 aliphatic rings. The Kier molecular flexibility index (Phi) is 3.16. The molecule has 1 rings (SSSR count). The highest BCUT2D eigenvalue weighted by molar-refractivity contribution is 6.48. The minimum Gasteiger partial charge on any atom is -0.424 e. The molecule has 5 heteroatoms. The second kappa shape index (κ2) is 4.16. The summed E-state index contributed by atoms with van der Waals surface area (Å²) < 4.78 is 25.4. The van der Waals surface area contributed by atoms with E-state index in [0.717, 1.165) is 18.1 Å². The van der Waals surface area contributed by atoms with Crippen LogP contribution in [0.25, 0.3) is 6.08 Å². The molecule has 0 radical (unpaired) electrons. The van der Waals surface area contributed by atoms with Gasteiger partial charge in [0.05, 0.1) is 0 Å². The van der Waals surface area contributed by atoms with Crippen molar-refractivity contribution in [1.29, 1.82) is 0 Å².